The summed E-state index contributed by atoms with van der Waals surface area (Å²) in [6.45, 7) is 7.30. The van der Waals surface area contributed by atoms with Crippen LogP contribution in [-0.2, 0) is 14.8 Å². The number of ether oxygens (including phenoxy) is 1. The number of amides is 1. The van der Waals surface area contributed by atoms with E-state index in [1.165, 1.54) is 6.08 Å². The normalized spacial score (nSPS) is 12.8. The zero-order valence-corrected chi connectivity index (χ0v) is 18.8. The molecular formula is C22H26F2N2O4S. The number of rotatable bonds is 8. The highest BCUT2D eigenvalue weighted by molar-refractivity contribution is 7.92. The van der Waals surface area contributed by atoms with E-state index in [2.05, 4.69) is 5.32 Å². The molecule has 0 bridgehead atoms. The largest absolute Gasteiger partial charge is 0.490 e. The van der Waals surface area contributed by atoms with Gasteiger partial charge in [-0.25, -0.2) is 17.2 Å². The van der Waals surface area contributed by atoms with E-state index in [-0.39, 0.29) is 11.7 Å². The number of aryl methyl sites for hydroxylation is 1. The molecule has 0 fully saturated rings. The van der Waals surface area contributed by atoms with Crippen molar-refractivity contribution < 1.29 is 26.7 Å². The van der Waals surface area contributed by atoms with Gasteiger partial charge in [0, 0.05) is 11.6 Å². The molecular weight excluding hydrogens is 426 g/mol. The first-order valence-corrected chi connectivity index (χ1v) is 11.5. The van der Waals surface area contributed by atoms with Crippen molar-refractivity contribution in [3.8, 4) is 5.75 Å². The lowest BCUT2D eigenvalue weighted by Gasteiger charge is -2.16. The Morgan fingerprint density at radius 3 is 2.26 bits per heavy atom. The third-order valence-electron chi connectivity index (χ3n) is 4.16. The Kier molecular flexibility index (Phi) is 7.78. The summed E-state index contributed by atoms with van der Waals surface area (Å²) in [6, 6.07) is 6.82. The second kappa shape index (κ2) is 9.91. The lowest BCUT2D eigenvalue weighted by atomic mass is 10.1. The summed E-state index contributed by atoms with van der Waals surface area (Å²) < 4.78 is 58.4. The van der Waals surface area contributed by atoms with Gasteiger partial charge in [-0.1, -0.05) is 12.1 Å². The van der Waals surface area contributed by atoms with Gasteiger partial charge in [-0.3, -0.25) is 9.52 Å². The zero-order chi connectivity index (χ0) is 23.3. The molecule has 0 aliphatic carbocycles. The summed E-state index contributed by atoms with van der Waals surface area (Å²) in [4.78, 5) is 12.3. The molecule has 1 atom stereocenters. The molecule has 2 N–H and O–H groups in total. The van der Waals surface area contributed by atoms with Gasteiger partial charge >= 0.3 is 0 Å². The van der Waals surface area contributed by atoms with Crippen LogP contribution in [0.15, 0.2) is 36.4 Å². The third kappa shape index (κ3) is 7.36. The van der Waals surface area contributed by atoms with Gasteiger partial charge in [-0.05, 0) is 63.1 Å². The summed E-state index contributed by atoms with van der Waals surface area (Å²) in [5.74, 6) is -1.98. The first-order valence-electron chi connectivity index (χ1n) is 9.58. The predicted octanol–water partition coefficient (Wildman–Crippen LogP) is 4.32. The smallest absolute Gasteiger partial charge is 0.244 e. The molecule has 0 spiro atoms. The van der Waals surface area contributed by atoms with E-state index in [0.717, 1.165) is 29.5 Å². The molecule has 2 rings (SSSR count). The Balaban J connectivity index is 2.15. The number of halogens is 2. The fourth-order valence-corrected chi connectivity index (χ4v) is 3.34. The van der Waals surface area contributed by atoms with E-state index in [0.29, 0.717) is 5.75 Å². The number of benzene rings is 2. The van der Waals surface area contributed by atoms with E-state index in [1.54, 1.807) is 17.7 Å². The van der Waals surface area contributed by atoms with Crippen molar-refractivity contribution in [3.05, 3.63) is 64.7 Å². The topological polar surface area (TPSA) is 84.5 Å². The minimum Gasteiger partial charge on any atom is -0.490 e. The quantitative estimate of drug-likeness (QED) is 0.584. The summed E-state index contributed by atoms with van der Waals surface area (Å²) >= 11 is 0. The average molecular weight is 453 g/mol. The number of hydrogen-bond donors (Lipinski definition) is 2. The molecule has 2 aromatic carbocycles. The van der Waals surface area contributed by atoms with Gasteiger partial charge in [-0.2, -0.15) is 0 Å². The Morgan fingerprint density at radius 1 is 1.10 bits per heavy atom. The third-order valence-corrected chi connectivity index (χ3v) is 4.73. The SMILES string of the molecule is Cc1ccc(/C=C/C(=O)NC(C)c2cc(F)c(NS(C)(=O)=O)c(F)c2)c(OC(C)C)c1. The van der Waals surface area contributed by atoms with E-state index in [1.807, 2.05) is 39.0 Å². The summed E-state index contributed by atoms with van der Waals surface area (Å²) in [5, 5.41) is 2.62. The molecule has 0 aliphatic rings. The van der Waals surface area contributed by atoms with Crippen LogP contribution in [0.5, 0.6) is 5.75 Å². The van der Waals surface area contributed by atoms with Crippen LogP contribution in [0.4, 0.5) is 14.5 Å². The van der Waals surface area contributed by atoms with Crippen molar-refractivity contribution >= 4 is 27.7 Å². The molecule has 6 nitrogen and oxygen atoms in total. The minimum atomic E-state index is -3.84. The molecule has 9 heteroatoms. The number of carbonyl (C=O) groups is 1. The number of sulfonamides is 1. The van der Waals surface area contributed by atoms with Gasteiger partial charge in [0.05, 0.1) is 18.4 Å². The van der Waals surface area contributed by atoms with Crippen LogP contribution in [0.25, 0.3) is 6.08 Å². The van der Waals surface area contributed by atoms with Crippen LogP contribution < -0.4 is 14.8 Å². The van der Waals surface area contributed by atoms with E-state index in [9.17, 15) is 22.0 Å². The number of nitrogens with one attached hydrogen (secondary N) is 2. The van der Waals surface area contributed by atoms with Gasteiger partial charge in [0.25, 0.3) is 0 Å². The first-order chi connectivity index (χ1) is 14.4. The van der Waals surface area contributed by atoms with Gasteiger partial charge in [0.2, 0.25) is 15.9 Å². The van der Waals surface area contributed by atoms with E-state index in [4.69, 9.17) is 4.74 Å². The van der Waals surface area contributed by atoms with Crippen LogP contribution in [0.1, 0.15) is 43.5 Å². The average Bonchev–Trinajstić information content (AvgIpc) is 2.62. The maximum atomic E-state index is 14.2. The van der Waals surface area contributed by atoms with Crippen molar-refractivity contribution in [2.24, 2.45) is 0 Å². The minimum absolute atomic E-state index is 0.0345. The molecule has 2 aromatic rings. The molecule has 1 amide bonds. The summed E-state index contributed by atoms with van der Waals surface area (Å²) in [7, 11) is -3.84. The molecule has 0 radical (unpaired) electrons. The number of carbonyl (C=O) groups excluding carboxylic acids is 1. The molecule has 0 saturated heterocycles. The van der Waals surface area contributed by atoms with Crippen molar-refractivity contribution in [2.75, 3.05) is 11.0 Å². The second-order valence-corrected chi connectivity index (χ2v) is 9.25. The number of hydrogen-bond acceptors (Lipinski definition) is 4. The lowest BCUT2D eigenvalue weighted by Crippen LogP contribution is -2.25. The van der Waals surface area contributed by atoms with Gasteiger partial charge in [0.1, 0.15) is 11.4 Å². The Bertz CT molecular complexity index is 1080. The molecule has 168 valence electrons. The Labute approximate surface area is 181 Å². The first kappa shape index (κ1) is 24.3. The van der Waals surface area contributed by atoms with Crippen molar-refractivity contribution in [1.82, 2.24) is 5.32 Å². The van der Waals surface area contributed by atoms with Gasteiger partial charge < -0.3 is 10.1 Å². The molecule has 0 saturated carbocycles. The summed E-state index contributed by atoms with van der Waals surface area (Å²) in [5.41, 5.74) is 1.12. The second-order valence-electron chi connectivity index (χ2n) is 7.51. The van der Waals surface area contributed by atoms with Crippen LogP contribution in [0.3, 0.4) is 0 Å². The van der Waals surface area contributed by atoms with Gasteiger partial charge in [-0.15, -0.1) is 0 Å². The molecule has 1 unspecified atom stereocenters. The fourth-order valence-electron chi connectivity index (χ4n) is 2.77. The van der Waals surface area contributed by atoms with Crippen LogP contribution in [0.2, 0.25) is 0 Å². The Hall–Kier alpha value is -2.94. The summed E-state index contributed by atoms with van der Waals surface area (Å²) in [6.07, 6.45) is 3.66. The van der Waals surface area contributed by atoms with E-state index < -0.39 is 39.3 Å². The molecule has 0 heterocycles. The highest BCUT2D eigenvalue weighted by atomic mass is 32.2. The maximum absolute atomic E-state index is 14.2. The van der Waals surface area contributed by atoms with Crippen molar-refractivity contribution in [3.63, 3.8) is 0 Å². The predicted molar refractivity (Wildman–Crippen MR) is 117 cm³/mol. The zero-order valence-electron chi connectivity index (χ0n) is 18.0. The molecule has 0 aliphatic heterocycles. The van der Waals surface area contributed by atoms with Crippen LogP contribution in [0, 0.1) is 18.6 Å². The number of anilines is 1. The van der Waals surface area contributed by atoms with E-state index >= 15 is 0 Å². The van der Waals surface area contributed by atoms with Crippen LogP contribution in [-0.4, -0.2) is 26.7 Å². The molecule has 0 aromatic heterocycles. The van der Waals surface area contributed by atoms with Crippen molar-refractivity contribution in [2.45, 2.75) is 39.8 Å². The lowest BCUT2D eigenvalue weighted by molar-refractivity contribution is -0.117. The maximum Gasteiger partial charge on any atom is 0.244 e. The fraction of sp³-hybridized carbons (Fsp3) is 0.318. The van der Waals surface area contributed by atoms with Gasteiger partial charge in [0.15, 0.2) is 11.6 Å². The van der Waals surface area contributed by atoms with Crippen molar-refractivity contribution in [1.29, 1.82) is 0 Å². The Morgan fingerprint density at radius 2 is 1.71 bits per heavy atom. The highest BCUT2D eigenvalue weighted by Gasteiger charge is 2.18. The molecule has 31 heavy (non-hydrogen) atoms. The monoisotopic (exact) mass is 452 g/mol. The standard InChI is InChI=1S/C22H26F2N2O4S/c1-13(2)30-20-10-14(3)6-7-16(20)8-9-21(27)25-15(4)17-11-18(23)22(19(24)12-17)26-31(5,28)29/h6-13,15,26H,1-5H3,(H,25,27)/b9-8+. The van der Waals surface area contributed by atoms with Crippen LogP contribution >= 0.6 is 0 Å². The highest BCUT2D eigenvalue weighted by Crippen LogP contribution is 2.25.